The van der Waals surface area contributed by atoms with Crippen LogP contribution in [0.3, 0.4) is 0 Å². The maximum Gasteiger partial charge on any atom is 0.307 e. The summed E-state index contributed by atoms with van der Waals surface area (Å²) >= 11 is 0.859. The summed E-state index contributed by atoms with van der Waals surface area (Å²) in [6.45, 7) is 0.785. The van der Waals surface area contributed by atoms with Gasteiger partial charge in [0.2, 0.25) is 6.79 Å². The zero-order chi connectivity index (χ0) is 18.4. The van der Waals surface area contributed by atoms with Gasteiger partial charge >= 0.3 is 5.24 Å². The van der Waals surface area contributed by atoms with E-state index in [1.54, 1.807) is 47.9 Å². The summed E-state index contributed by atoms with van der Waals surface area (Å²) in [5.74, 6) is 1.56. The van der Waals surface area contributed by atoms with Crippen LogP contribution in [0.4, 0.5) is 4.79 Å². The van der Waals surface area contributed by atoms with Gasteiger partial charge in [0.05, 0.1) is 6.54 Å². The second kappa shape index (κ2) is 8.45. The van der Waals surface area contributed by atoms with Gasteiger partial charge in [-0.15, -0.1) is 0 Å². The molecule has 9 heteroatoms. The normalized spacial score (nSPS) is 11.7. The Morgan fingerprint density at radius 1 is 1.12 bits per heavy atom. The van der Waals surface area contributed by atoms with E-state index < -0.39 is 5.24 Å². The molecule has 0 radical (unpaired) electrons. The lowest BCUT2D eigenvalue weighted by Crippen LogP contribution is -2.28. The zero-order valence-electron chi connectivity index (χ0n) is 13.6. The number of hydroxylamine groups is 1. The van der Waals surface area contributed by atoms with Crippen LogP contribution in [0.25, 0.3) is 0 Å². The van der Waals surface area contributed by atoms with Crippen LogP contribution >= 0.6 is 11.8 Å². The molecular weight excluding hydrogens is 360 g/mol. The quantitative estimate of drug-likeness (QED) is 0.308. The molecule has 0 saturated heterocycles. The molecule has 1 aliphatic rings. The topological polar surface area (TPSA) is 106 Å². The number of carbonyl (C=O) groups is 2. The average molecular weight is 376 g/mol. The largest absolute Gasteiger partial charge is 0.492 e. The molecule has 0 spiro atoms. The first-order valence-electron chi connectivity index (χ1n) is 7.68. The van der Waals surface area contributed by atoms with Crippen molar-refractivity contribution in [1.29, 1.82) is 0 Å². The lowest BCUT2D eigenvalue weighted by Gasteiger charge is -2.09. The molecule has 0 bridgehead atoms. The first-order valence-corrected chi connectivity index (χ1v) is 8.50. The molecule has 1 heterocycles. The van der Waals surface area contributed by atoms with Crippen LogP contribution in [0.2, 0.25) is 0 Å². The summed E-state index contributed by atoms with van der Waals surface area (Å²) in [5.41, 5.74) is 2.03. The number of benzene rings is 2. The summed E-state index contributed by atoms with van der Waals surface area (Å²) < 4.78 is 16.0. The molecule has 0 fully saturated rings. The fourth-order valence-electron chi connectivity index (χ4n) is 2.21. The highest BCUT2D eigenvalue weighted by atomic mass is 32.2. The van der Waals surface area contributed by atoms with Gasteiger partial charge in [-0.2, -0.15) is 0 Å². The Kier molecular flexibility index (Phi) is 5.82. The standard InChI is InChI=1S/C17H16N2O6S/c20-16(11-1-6-14-15(9-11)25-10-24-14)18-7-8-23-12-2-4-13(5-3-12)26-17(21)19-22/h1-6,9,22H,7-8,10H2,(H,18,20)(H,19,21). The van der Waals surface area contributed by atoms with E-state index in [-0.39, 0.29) is 12.7 Å². The van der Waals surface area contributed by atoms with E-state index in [1.165, 1.54) is 0 Å². The minimum atomic E-state index is -0.565. The minimum absolute atomic E-state index is 0.163. The first kappa shape index (κ1) is 17.9. The van der Waals surface area contributed by atoms with Gasteiger partial charge in [0, 0.05) is 10.5 Å². The van der Waals surface area contributed by atoms with Crippen molar-refractivity contribution in [1.82, 2.24) is 10.8 Å². The number of hydrogen-bond donors (Lipinski definition) is 3. The van der Waals surface area contributed by atoms with Crippen LogP contribution in [0, 0.1) is 0 Å². The molecular formula is C17H16N2O6S. The van der Waals surface area contributed by atoms with Crippen molar-refractivity contribution in [3.05, 3.63) is 48.0 Å². The van der Waals surface area contributed by atoms with Crippen molar-refractivity contribution in [2.75, 3.05) is 19.9 Å². The number of hydrogen-bond acceptors (Lipinski definition) is 7. The van der Waals surface area contributed by atoms with Crippen LogP contribution in [-0.2, 0) is 0 Å². The van der Waals surface area contributed by atoms with E-state index in [2.05, 4.69) is 5.32 Å². The SMILES string of the molecule is O=C(NO)Sc1ccc(OCCNC(=O)c2ccc3c(c2)OCO3)cc1. The highest BCUT2D eigenvalue weighted by molar-refractivity contribution is 8.13. The van der Waals surface area contributed by atoms with Crippen molar-refractivity contribution >= 4 is 22.9 Å². The Bertz CT molecular complexity index is 796. The van der Waals surface area contributed by atoms with Gasteiger partial charge in [0.25, 0.3) is 5.91 Å². The molecule has 0 saturated carbocycles. The van der Waals surface area contributed by atoms with E-state index >= 15 is 0 Å². The number of ether oxygens (including phenoxy) is 3. The third-order valence-electron chi connectivity index (χ3n) is 3.42. The Balaban J connectivity index is 1.42. The number of carbonyl (C=O) groups excluding carboxylic acids is 2. The molecule has 0 aromatic heterocycles. The average Bonchev–Trinajstić information content (AvgIpc) is 3.14. The smallest absolute Gasteiger partial charge is 0.307 e. The Labute approximate surface area is 153 Å². The van der Waals surface area contributed by atoms with Gasteiger partial charge in [0.15, 0.2) is 11.5 Å². The predicted molar refractivity (Wildman–Crippen MR) is 93.0 cm³/mol. The molecule has 3 rings (SSSR count). The van der Waals surface area contributed by atoms with Crippen molar-refractivity contribution < 1.29 is 29.0 Å². The van der Waals surface area contributed by atoms with E-state index in [9.17, 15) is 9.59 Å². The molecule has 0 atom stereocenters. The van der Waals surface area contributed by atoms with Crippen LogP contribution in [-0.4, -0.2) is 36.3 Å². The Morgan fingerprint density at radius 3 is 2.65 bits per heavy atom. The van der Waals surface area contributed by atoms with Crippen LogP contribution in [0.5, 0.6) is 17.2 Å². The second-order valence-corrected chi connectivity index (χ2v) is 6.19. The monoisotopic (exact) mass is 376 g/mol. The molecule has 2 aromatic carbocycles. The van der Waals surface area contributed by atoms with E-state index in [4.69, 9.17) is 19.4 Å². The van der Waals surface area contributed by atoms with Gasteiger partial charge in [0.1, 0.15) is 12.4 Å². The van der Waals surface area contributed by atoms with E-state index in [0.29, 0.717) is 40.9 Å². The first-order chi connectivity index (χ1) is 12.7. The molecule has 2 aromatic rings. The van der Waals surface area contributed by atoms with E-state index in [1.807, 2.05) is 0 Å². The maximum atomic E-state index is 12.1. The Hall–Kier alpha value is -2.91. The van der Waals surface area contributed by atoms with Gasteiger partial charge in [-0.25, -0.2) is 5.48 Å². The van der Waals surface area contributed by atoms with Crippen molar-refractivity contribution in [2.45, 2.75) is 4.90 Å². The molecule has 8 nitrogen and oxygen atoms in total. The third-order valence-corrected chi connectivity index (χ3v) is 4.20. The number of amides is 2. The molecule has 0 aliphatic carbocycles. The highest BCUT2D eigenvalue weighted by Crippen LogP contribution is 2.32. The molecule has 3 N–H and O–H groups in total. The minimum Gasteiger partial charge on any atom is -0.492 e. The van der Waals surface area contributed by atoms with Crippen LogP contribution in [0.15, 0.2) is 47.4 Å². The predicted octanol–water partition coefficient (Wildman–Crippen LogP) is 2.42. The van der Waals surface area contributed by atoms with Gasteiger partial charge < -0.3 is 19.5 Å². The highest BCUT2D eigenvalue weighted by Gasteiger charge is 2.15. The maximum absolute atomic E-state index is 12.1. The zero-order valence-corrected chi connectivity index (χ0v) is 14.4. The number of thioether (sulfide) groups is 1. The van der Waals surface area contributed by atoms with Gasteiger partial charge in [-0.05, 0) is 54.2 Å². The van der Waals surface area contributed by atoms with Crippen molar-refractivity contribution in [2.24, 2.45) is 0 Å². The number of fused-ring (bicyclic) bond motifs is 1. The molecule has 2 amide bonds. The lowest BCUT2D eigenvalue weighted by atomic mass is 10.2. The molecule has 1 aliphatic heterocycles. The molecule has 136 valence electrons. The van der Waals surface area contributed by atoms with Gasteiger partial charge in [-0.1, -0.05) is 0 Å². The van der Waals surface area contributed by atoms with E-state index in [0.717, 1.165) is 11.8 Å². The number of nitrogens with one attached hydrogen (secondary N) is 2. The summed E-state index contributed by atoms with van der Waals surface area (Å²) in [4.78, 5) is 23.8. The van der Waals surface area contributed by atoms with Crippen LogP contribution < -0.4 is 25.0 Å². The third kappa shape index (κ3) is 4.58. The van der Waals surface area contributed by atoms with Crippen molar-refractivity contribution in [3.8, 4) is 17.2 Å². The number of rotatable bonds is 6. The lowest BCUT2D eigenvalue weighted by molar-refractivity contribution is 0.0946. The summed E-state index contributed by atoms with van der Waals surface area (Å²) in [5, 5.41) is 10.7. The molecule has 26 heavy (non-hydrogen) atoms. The summed E-state index contributed by atoms with van der Waals surface area (Å²) in [6, 6.07) is 11.8. The van der Waals surface area contributed by atoms with Crippen LogP contribution in [0.1, 0.15) is 10.4 Å². The fourth-order valence-corrected chi connectivity index (χ4v) is 2.74. The van der Waals surface area contributed by atoms with Gasteiger partial charge in [-0.3, -0.25) is 14.8 Å². The fraction of sp³-hybridized carbons (Fsp3) is 0.176. The summed E-state index contributed by atoms with van der Waals surface area (Å²) in [6.07, 6.45) is 0. The summed E-state index contributed by atoms with van der Waals surface area (Å²) in [7, 11) is 0. The second-order valence-electron chi connectivity index (χ2n) is 5.15. The molecule has 0 unspecified atom stereocenters. The Morgan fingerprint density at radius 2 is 1.88 bits per heavy atom. The van der Waals surface area contributed by atoms with Crippen molar-refractivity contribution in [3.63, 3.8) is 0 Å².